The molecule has 4 nitrogen and oxygen atoms in total. The maximum absolute atomic E-state index is 12.4. The van der Waals surface area contributed by atoms with Gasteiger partial charge in [0.15, 0.2) is 0 Å². The number of sulfonamides is 1. The zero-order valence-electron chi connectivity index (χ0n) is 12.1. The van der Waals surface area contributed by atoms with Crippen LogP contribution in [0.15, 0.2) is 41.6 Å². The van der Waals surface area contributed by atoms with Crippen molar-refractivity contribution in [3.05, 3.63) is 36.7 Å². The number of rotatable bonds is 6. The van der Waals surface area contributed by atoms with Crippen LogP contribution in [-0.4, -0.2) is 25.3 Å². The molecule has 1 unspecified atom stereocenters. The third-order valence-corrected chi connectivity index (χ3v) is 4.97. The molecule has 0 bridgehead atoms. The van der Waals surface area contributed by atoms with Crippen molar-refractivity contribution in [1.82, 2.24) is 9.71 Å². The number of nitrogens with one attached hydrogen (secondary N) is 1. The molecule has 0 aliphatic carbocycles. The summed E-state index contributed by atoms with van der Waals surface area (Å²) in [7, 11) is -3.58. The van der Waals surface area contributed by atoms with Gasteiger partial charge in [0.05, 0.1) is 4.90 Å². The van der Waals surface area contributed by atoms with Crippen LogP contribution >= 0.6 is 11.6 Å². The van der Waals surface area contributed by atoms with Gasteiger partial charge in [-0.25, -0.2) is 13.1 Å². The molecule has 0 saturated carbocycles. The Kier molecular flexibility index (Phi) is 5.19. The van der Waals surface area contributed by atoms with Gasteiger partial charge in [-0.05, 0) is 24.5 Å². The van der Waals surface area contributed by atoms with E-state index in [1.54, 1.807) is 30.6 Å². The molecular formula is C15H19ClN2O2S. The van der Waals surface area contributed by atoms with Crippen LogP contribution in [0.1, 0.15) is 20.3 Å². The van der Waals surface area contributed by atoms with E-state index in [9.17, 15) is 8.42 Å². The Morgan fingerprint density at radius 1 is 1.29 bits per heavy atom. The zero-order chi connectivity index (χ0) is 15.5. The molecule has 6 heteroatoms. The SMILES string of the molecule is CC(C)CC(Cl)CNS(=O)(=O)c1cccc2cnccc12. The number of benzene rings is 1. The molecule has 0 amide bonds. The first-order valence-electron chi connectivity index (χ1n) is 6.86. The van der Waals surface area contributed by atoms with Gasteiger partial charge in [-0.3, -0.25) is 4.98 Å². The standard InChI is InChI=1S/C15H19ClN2O2S/c1-11(2)8-13(16)10-18-21(19,20)15-5-3-4-12-9-17-7-6-14(12)15/h3-7,9,11,13,18H,8,10H2,1-2H3. The lowest BCUT2D eigenvalue weighted by Gasteiger charge is -2.14. The molecule has 1 atom stereocenters. The van der Waals surface area contributed by atoms with Crippen molar-refractivity contribution in [3.8, 4) is 0 Å². The maximum Gasteiger partial charge on any atom is 0.241 e. The first-order chi connectivity index (χ1) is 9.90. The number of hydrogen-bond acceptors (Lipinski definition) is 3. The third-order valence-electron chi connectivity index (χ3n) is 3.15. The summed E-state index contributed by atoms with van der Waals surface area (Å²) in [5.74, 6) is 0.431. The molecular weight excluding hydrogens is 308 g/mol. The van der Waals surface area contributed by atoms with Gasteiger partial charge in [0, 0.05) is 35.1 Å². The summed E-state index contributed by atoms with van der Waals surface area (Å²) >= 11 is 6.15. The van der Waals surface area contributed by atoms with Gasteiger partial charge < -0.3 is 0 Å². The number of halogens is 1. The minimum absolute atomic E-state index is 0.212. The second-order valence-corrected chi connectivity index (χ2v) is 7.78. The van der Waals surface area contributed by atoms with Gasteiger partial charge in [-0.2, -0.15) is 0 Å². The molecule has 1 aromatic heterocycles. The number of nitrogens with zero attached hydrogens (tertiary/aromatic N) is 1. The van der Waals surface area contributed by atoms with E-state index in [4.69, 9.17) is 11.6 Å². The largest absolute Gasteiger partial charge is 0.264 e. The van der Waals surface area contributed by atoms with E-state index in [-0.39, 0.29) is 16.8 Å². The number of aromatic nitrogens is 1. The number of pyridine rings is 1. The molecule has 0 aliphatic heterocycles. The smallest absolute Gasteiger partial charge is 0.241 e. The highest BCUT2D eigenvalue weighted by Crippen LogP contribution is 2.22. The van der Waals surface area contributed by atoms with Crippen molar-refractivity contribution in [2.45, 2.75) is 30.5 Å². The zero-order valence-corrected chi connectivity index (χ0v) is 13.7. The van der Waals surface area contributed by atoms with Crippen LogP contribution in [0.4, 0.5) is 0 Å². The highest BCUT2D eigenvalue weighted by molar-refractivity contribution is 7.89. The topological polar surface area (TPSA) is 59.1 Å². The van der Waals surface area contributed by atoms with Crippen LogP contribution < -0.4 is 4.72 Å². The molecule has 2 rings (SSSR count). The van der Waals surface area contributed by atoms with Crippen molar-refractivity contribution in [1.29, 1.82) is 0 Å². The maximum atomic E-state index is 12.4. The van der Waals surface area contributed by atoms with E-state index in [1.165, 1.54) is 0 Å². The third kappa shape index (κ3) is 4.15. The minimum Gasteiger partial charge on any atom is -0.264 e. The van der Waals surface area contributed by atoms with Crippen LogP contribution in [0, 0.1) is 5.92 Å². The Balaban J connectivity index is 2.22. The Hall–Kier alpha value is -1.17. The number of hydrogen-bond donors (Lipinski definition) is 1. The van der Waals surface area contributed by atoms with E-state index < -0.39 is 10.0 Å². The van der Waals surface area contributed by atoms with Crippen molar-refractivity contribution in [2.24, 2.45) is 5.92 Å². The van der Waals surface area contributed by atoms with Gasteiger partial charge in [-0.1, -0.05) is 26.0 Å². The molecule has 1 heterocycles. The quantitative estimate of drug-likeness (QED) is 0.829. The first-order valence-corrected chi connectivity index (χ1v) is 8.78. The second-order valence-electron chi connectivity index (χ2n) is 5.43. The average Bonchev–Trinajstić information content (AvgIpc) is 2.44. The predicted molar refractivity (Wildman–Crippen MR) is 86.0 cm³/mol. The lowest BCUT2D eigenvalue weighted by Crippen LogP contribution is -2.30. The number of fused-ring (bicyclic) bond motifs is 1. The summed E-state index contributed by atoms with van der Waals surface area (Å²) in [6.07, 6.45) is 4.01. The molecule has 0 saturated heterocycles. The van der Waals surface area contributed by atoms with Crippen LogP contribution in [0.2, 0.25) is 0 Å². The molecule has 0 aliphatic rings. The molecule has 114 valence electrons. The minimum atomic E-state index is -3.58. The van der Waals surface area contributed by atoms with Gasteiger partial charge in [0.1, 0.15) is 0 Å². The van der Waals surface area contributed by atoms with Crippen LogP contribution in [-0.2, 0) is 10.0 Å². The Morgan fingerprint density at radius 3 is 2.76 bits per heavy atom. The molecule has 2 aromatic rings. The van der Waals surface area contributed by atoms with Gasteiger partial charge in [0.2, 0.25) is 10.0 Å². The van der Waals surface area contributed by atoms with E-state index in [0.29, 0.717) is 11.3 Å². The van der Waals surface area contributed by atoms with Crippen LogP contribution in [0.3, 0.4) is 0 Å². The second kappa shape index (κ2) is 6.73. The molecule has 0 spiro atoms. The van der Waals surface area contributed by atoms with E-state index in [1.807, 2.05) is 6.07 Å². The summed E-state index contributed by atoms with van der Waals surface area (Å²) in [4.78, 5) is 4.27. The van der Waals surface area contributed by atoms with Gasteiger partial charge >= 0.3 is 0 Å². The Morgan fingerprint density at radius 2 is 2.05 bits per heavy atom. The highest BCUT2D eigenvalue weighted by atomic mass is 35.5. The highest BCUT2D eigenvalue weighted by Gasteiger charge is 2.18. The lowest BCUT2D eigenvalue weighted by atomic mass is 10.1. The van der Waals surface area contributed by atoms with Crippen LogP contribution in [0.5, 0.6) is 0 Å². The molecule has 0 radical (unpaired) electrons. The van der Waals surface area contributed by atoms with E-state index >= 15 is 0 Å². The fourth-order valence-corrected chi connectivity index (χ4v) is 4.03. The normalized spacial score (nSPS) is 13.7. The van der Waals surface area contributed by atoms with E-state index in [2.05, 4.69) is 23.6 Å². The summed E-state index contributed by atoms with van der Waals surface area (Å²) in [5, 5.41) is 1.25. The lowest BCUT2D eigenvalue weighted by molar-refractivity contribution is 0.544. The first kappa shape index (κ1) is 16.2. The monoisotopic (exact) mass is 326 g/mol. The van der Waals surface area contributed by atoms with Gasteiger partial charge in [-0.15, -0.1) is 11.6 Å². The fourth-order valence-electron chi connectivity index (χ4n) is 2.20. The van der Waals surface area contributed by atoms with Crippen molar-refractivity contribution < 1.29 is 8.42 Å². The van der Waals surface area contributed by atoms with Gasteiger partial charge in [0.25, 0.3) is 0 Å². The summed E-state index contributed by atoms with van der Waals surface area (Å²) in [6.45, 7) is 4.34. The predicted octanol–water partition coefficient (Wildman–Crippen LogP) is 3.17. The van der Waals surface area contributed by atoms with Crippen LogP contribution in [0.25, 0.3) is 10.8 Å². The summed E-state index contributed by atoms with van der Waals surface area (Å²) in [5.41, 5.74) is 0. The number of alkyl halides is 1. The summed E-state index contributed by atoms with van der Waals surface area (Å²) < 4.78 is 27.5. The van der Waals surface area contributed by atoms with Crippen molar-refractivity contribution in [3.63, 3.8) is 0 Å². The molecule has 0 fully saturated rings. The molecule has 1 N–H and O–H groups in total. The Labute approximate surface area is 130 Å². The fraction of sp³-hybridized carbons (Fsp3) is 0.400. The molecule has 21 heavy (non-hydrogen) atoms. The van der Waals surface area contributed by atoms with E-state index in [0.717, 1.165) is 11.8 Å². The van der Waals surface area contributed by atoms with Crippen molar-refractivity contribution in [2.75, 3.05) is 6.54 Å². The Bertz CT molecular complexity index is 711. The van der Waals surface area contributed by atoms with Crippen molar-refractivity contribution >= 4 is 32.4 Å². The molecule has 1 aromatic carbocycles. The summed E-state index contributed by atoms with van der Waals surface area (Å²) in [6, 6.07) is 6.85. The average molecular weight is 327 g/mol.